The third-order valence-electron chi connectivity index (χ3n) is 4.36. The zero-order valence-corrected chi connectivity index (χ0v) is 14.8. The van der Waals surface area contributed by atoms with Crippen molar-refractivity contribution in [2.45, 2.75) is 38.6 Å². The Hall–Kier alpha value is -0.770. The van der Waals surface area contributed by atoms with E-state index in [1.165, 1.54) is 25.7 Å². The number of carbonyl (C=O) groups excluding carboxylic acids is 1. The number of halogens is 2. The topological polar surface area (TPSA) is 41.1 Å². The molecule has 2 unspecified atom stereocenters. The molecule has 2 atom stereocenters. The Morgan fingerprint density at radius 2 is 1.86 bits per heavy atom. The molecule has 1 aliphatic rings. The molecule has 0 aromatic heterocycles. The number of hydrogen-bond acceptors (Lipinski definition) is 2. The van der Waals surface area contributed by atoms with Crippen LogP contribution in [0.15, 0.2) is 24.3 Å². The van der Waals surface area contributed by atoms with Gasteiger partial charge in [0.15, 0.2) is 0 Å². The fourth-order valence-electron chi connectivity index (χ4n) is 3.13. The molecule has 1 saturated carbocycles. The van der Waals surface area contributed by atoms with E-state index in [-0.39, 0.29) is 30.3 Å². The van der Waals surface area contributed by atoms with Crippen LogP contribution in [0.3, 0.4) is 0 Å². The zero-order chi connectivity index (χ0) is 15.2. The normalized spacial score (nSPS) is 17.6. The van der Waals surface area contributed by atoms with E-state index >= 15 is 0 Å². The van der Waals surface area contributed by atoms with Crippen molar-refractivity contribution < 1.29 is 4.79 Å². The van der Waals surface area contributed by atoms with Gasteiger partial charge in [-0.15, -0.1) is 12.4 Å². The number of hydrogen-bond donors (Lipinski definition) is 2. The van der Waals surface area contributed by atoms with E-state index < -0.39 is 0 Å². The van der Waals surface area contributed by atoms with Crippen molar-refractivity contribution in [2.24, 2.45) is 11.8 Å². The summed E-state index contributed by atoms with van der Waals surface area (Å²) in [5, 5.41) is 7.05. The van der Waals surface area contributed by atoms with Crippen LogP contribution in [-0.4, -0.2) is 19.5 Å². The molecule has 0 heterocycles. The van der Waals surface area contributed by atoms with Crippen LogP contribution in [0.5, 0.6) is 0 Å². The van der Waals surface area contributed by atoms with Gasteiger partial charge < -0.3 is 10.6 Å². The molecule has 1 fully saturated rings. The van der Waals surface area contributed by atoms with E-state index in [0.29, 0.717) is 12.5 Å². The highest BCUT2D eigenvalue weighted by atomic mass is 35.5. The maximum Gasteiger partial charge on any atom is 0.224 e. The molecule has 1 amide bonds. The van der Waals surface area contributed by atoms with Crippen LogP contribution in [0.4, 0.5) is 0 Å². The monoisotopic (exact) mass is 344 g/mol. The van der Waals surface area contributed by atoms with Crippen molar-refractivity contribution in [1.82, 2.24) is 10.6 Å². The lowest BCUT2D eigenvalue weighted by Gasteiger charge is -2.27. The smallest absolute Gasteiger partial charge is 0.224 e. The summed E-state index contributed by atoms with van der Waals surface area (Å²) in [5.74, 6) is 0.638. The predicted octanol–water partition coefficient (Wildman–Crippen LogP) is 3.96. The summed E-state index contributed by atoms with van der Waals surface area (Å²) in [6, 6.07) is 7.99. The molecule has 1 aliphatic carbocycles. The van der Waals surface area contributed by atoms with Gasteiger partial charge >= 0.3 is 0 Å². The van der Waals surface area contributed by atoms with Crippen LogP contribution in [0.25, 0.3) is 0 Å². The minimum atomic E-state index is -0.0220. The second-order valence-electron chi connectivity index (χ2n) is 6.04. The SMILES string of the molecule is CNCC(C)C(=O)NC(c1ccc(Cl)cc1)C1CCCC1.Cl. The highest BCUT2D eigenvalue weighted by Gasteiger charge is 2.28. The molecule has 22 heavy (non-hydrogen) atoms. The number of carbonyl (C=O) groups is 1. The van der Waals surface area contributed by atoms with Gasteiger partial charge in [-0.3, -0.25) is 4.79 Å². The Balaban J connectivity index is 0.00000242. The molecule has 2 N–H and O–H groups in total. The lowest BCUT2D eigenvalue weighted by Crippen LogP contribution is -2.39. The highest BCUT2D eigenvalue weighted by Crippen LogP contribution is 2.36. The van der Waals surface area contributed by atoms with Crippen LogP contribution in [0.2, 0.25) is 5.02 Å². The van der Waals surface area contributed by atoms with E-state index in [0.717, 1.165) is 10.6 Å². The van der Waals surface area contributed by atoms with Gasteiger partial charge in [-0.25, -0.2) is 0 Å². The number of rotatable bonds is 6. The summed E-state index contributed by atoms with van der Waals surface area (Å²) in [6.07, 6.45) is 4.90. The van der Waals surface area contributed by atoms with Crippen molar-refractivity contribution in [3.63, 3.8) is 0 Å². The summed E-state index contributed by atoms with van der Waals surface area (Å²) in [4.78, 5) is 12.4. The first-order valence-electron chi connectivity index (χ1n) is 7.82. The lowest BCUT2D eigenvalue weighted by molar-refractivity contribution is -0.125. The average molecular weight is 345 g/mol. The summed E-state index contributed by atoms with van der Waals surface area (Å²) < 4.78 is 0. The maximum atomic E-state index is 12.4. The predicted molar refractivity (Wildman–Crippen MR) is 94.6 cm³/mol. The Kier molecular flexibility index (Phi) is 8.23. The molecule has 0 radical (unpaired) electrons. The summed E-state index contributed by atoms with van der Waals surface area (Å²) in [6.45, 7) is 2.66. The molecule has 0 bridgehead atoms. The molecule has 0 spiro atoms. The van der Waals surface area contributed by atoms with E-state index in [2.05, 4.69) is 10.6 Å². The average Bonchev–Trinajstić information content (AvgIpc) is 3.00. The minimum Gasteiger partial charge on any atom is -0.349 e. The van der Waals surface area contributed by atoms with Crippen LogP contribution >= 0.6 is 24.0 Å². The van der Waals surface area contributed by atoms with Crippen LogP contribution in [0, 0.1) is 11.8 Å². The van der Waals surface area contributed by atoms with E-state index in [4.69, 9.17) is 11.6 Å². The first-order valence-corrected chi connectivity index (χ1v) is 8.20. The first-order chi connectivity index (χ1) is 10.1. The summed E-state index contributed by atoms with van der Waals surface area (Å²) in [7, 11) is 1.87. The van der Waals surface area contributed by atoms with Crippen LogP contribution in [0.1, 0.15) is 44.2 Å². The lowest BCUT2D eigenvalue weighted by atomic mass is 9.91. The highest BCUT2D eigenvalue weighted by molar-refractivity contribution is 6.30. The van der Waals surface area contributed by atoms with E-state index in [1.54, 1.807) is 0 Å². The van der Waals surface area contributed by atoms with Gasteiger partial charge in [-0.2, -0.15) is 0 Å². The van der Waals surface area contributed by atoms with Gasteiger partial charge in [-0.1, -0.05) is 43.5 Å². The quantitative estimate of drug-likeness (QED) is 0.819. The molecule has 124 valence electrons. The molecule has 0 saturated heterocycles. The molecule has 5 heteroatoms. The van der Waals surface area contributed by atoms with Crippen molar-refractivity contribution in [2.75, 3.05) is 13.6 Å². The Morgan fingerprint density at radius 3 is 2.41 bits per heavy atom. The van der Waals surface area contributed by atoms with Gasteiger partial charge in [0.2, 0.25) is 5.91 Å². The fraction of sp³-hybridized carbons (Fsp3) is 0.588. The largest absolute Gasteiger partial charge is 0.349 e. The molecular weight excluding hydrogens is 319 g/mol. The van der Waals surface area contributed by atoms with Gasteiger partial charge in [0.25, 0.3) is 0 Å². The fourth-order valence-corrected chi connectivity index (χ4v) is 3.25. The van der Waals surface area contributed by atoms with Crippen LogP contribution < -0.4 is 10.6 Å². The first kappa shape index (κ1) is 19.3. The Bertz CT molecular complexity index is 458. The summed E-state index contributed by atoms with van der Waals surface area (Å²) >= 11 is 5.98. The van der Waals surface area contributed by atoms with Gasteiger partial charge in [0, 0.05) is 17.5 Å². The third-order valence-corrected chi connectivity index (χ3v) is 4.61. The standard InChI is InChI=1S/C17H25ClN2O.ClH/c1-12(11-19-2)17(21)20-16(13-5-3-4-6-13)14-7-9-15(18)10-8-14;/h7-10,12-13,16,19H,3-6,11H2,1-2H3,(H,20,21);1H. The molecule has 3 nitrogen and oxygen atoms in total. The molecular formula is C17H26Cl2N2O. The number of amides is 1. The van der Waals surface area contributed by atoms with Crippen molar-refractivity contribution >= 4 is 29.9 Å². The third kappa shape index (κ3) is 5.15. The van der Waals surface area contributed by atoms with Gasteiger partial charge in [0.1, 0.15) is 0 Å². The maximum absolute atomic E-state index is 12.4. The summed E-state index contributed by atoms with van der Waals surface area (Å²) in [5.41, 5.74) is 1.16. The van der Waals surface area contributed by atoms with E-state index in [1.807, 2.05) is 38.2 Å². The van der Waals surface area contributed by atoms with Crippen LogP contribution in [-0.2, 0) is 4.79 Å². The van der Waals surface area contributed by atoms with Gasteiger partial charge in [-0.05, 0) is 43.5 Å². The van der Waals surface area contributed by atoms with Crippen molar-refractivity contribution in [3.05, 3.63) is 34.9 Å². The van der Waals surface area contributed by atoms with Crippen molar-refractivity contribution in [1.29, 1.82) is 0 Å². The van der Waals surface area contributed by atoms with E-state index in [9.17, 15) is 4.79 Å². The molecule has 1 aromatic carbocycles. The number of benzene rings is 1. The second kappa shape index (κ2) is 9.39. The molecule has 2 rings (SSSR count). The van der Waals surface area contributed by atoms with Gasteiger partial charge in [0.05, 0.1) is 6.04 Å². The Labute approximate surface area is 144 Å². The van der Waals surface area contributed by atoms with Crippen molar-refractivity contribution in [3.8, 4) is 0 Å². The minimum absolute atomic E-state index is 0. The zero-order valence-electron chi connectivity index (χ0n) is 13.3. The number of nitrogens with one attached hydrogen (secondary N) is 2. The second-order valence-corrected chi connectivity index (χ2v) is 6.48. The Morgan fingerprint density at radius 1 is 1.27 bits per heavy atom. The molecule has 1 aromatic rings. The molecule has 0 aliphatic heterocycles.